The van der Waals surface area contributed by atoms with Gasteiger partial charge in [0.15, 0.2) is 18.7 Å². The van der Waals surface area contributed by atoms with E-state index >= 15 is 0 Å². The molecule has 2 aliphatic rings. The Labute approximate surface area is 382 Å². The summed E-state index contributed by atoms with van der Waals surface area (Å²) in [5, 5.41) is 71.9. The van der Waals surface area contributed by atoms with Gasteiger partial charge in [-0.25, -0.2) is 0 Å². The third kappa shape index (κ3) is 24.8. The molecule has 2 saturated heterocycles. The van der Waals surface area contributed by atoms with Crippen LogP contribution in [0.3, 0.4) is 0 Å². The number of unbranched alkanes of at least 4 members (excludes halogenated alkanes) is 14. The molecule has 0 aromatic carbocycles. The molecule has 370 valence electrons. The molecule has 4 unspecified atom stereocenters. The minimum atomic E-state index is -1.77. The van der Waals surface area contributed by atoms with E-state index in [0.717, 1.165) is 64.2 Å². The second-order valence-electron chi connectivity index (χ2n) is 16.9. The van der Waals surface area contributed by atoms with Gasteiger partial charge in [-0.1, -0.05) is 133 Å². The second-order valence-corrected chi connectivity index (χ2v) is 16.9. The maximum Gasteiger partial charge on any atom is 0.306 e. The first-order valence-electron chi connectivity index (χ1n) is 24.2. The van der Waals surface area contributed by atoms with Gasteiger partial charge in [0.1, 0.15) is 55.4 Å². The molecule has 0 aliphatic carbocycles. The summed E-state index contributed by atoms with van der Waals surface area (Å²) in [6.07, 6.45) is 21.6. The molecule has 0 spiro atoms. The molecule has 2 rings (SSSR count). The lowest BCUT2D eigenvalue weighted by molar-refractivity contribution is -0.332. The van der Waals surface area contributed by atoms with E-state index in [9.17, 15) is 45.3 Å². The van der Waals surface area contributed by atoms with Crippen molar-refractivity contribution in [2.45, 2.75) is 223 Å². The molecular weight excluding hydrogens is 829 g/mol. The average molecular weight is 913 g/mol. The van der Waals surface area contributed by atoms with Crippen molar-refractivity contribution >= 4 is 11.9 Å². The number of rotatable bonds is 36. The first-order chi connectivity index (χ1) is 31.0. The van der Waals surface area contributed by atoms with Gasteiger partial charge < -0.3 is 64.2 Å². The smallest absolute Gasteiger partial charge is 0.306 e. The van der Waals surface area contributed by atoms with Crippen LogP contribution in [-0.4, -0.2) is 142 Å². The highest BCUT2D eigenvalue weighted by Gasteiger charge is 2.47. The van der Waals surface area contributed by atoms with E-state index in [2.05, 4.69) is 62.5 Å². The molecule has 15 nitrogen and oxygen atoms in total. The first-order valence-corrected chi connectivity index (χ1v) is 24.2. The number of ether oxygens (including phenoxy) is 6. The molecule has 0 amide bonds. The van der Waals surface area contributed by atoms with Crippen LogP contribution < -0.4 is 0 Å². The molecule has 15 heteroatoms. The maximum absolute atomic E-state index is 12.9. The molecule has 0 aromatic rings. The Hall–Kier alpha value is -2.54. The minimum absolute atomic E-state index is 0.157. The summed E-state index contributed by atoms with van der Waals surface area (Å²) in [4.78, 5) is 25.6. The Morgan fingerprint density at radius 1 is 0.500 bits per heavy atom. The number of aliphatic hydroxyl groups excluding tert-OH is 7. The van der Waals surface area contributed by atoms with Crippen molar-refractivity contribution in [2.24, 2.45) is 0 Å². The van der Waals surface area contributed by atoms with Crippen LogP contribution in [0.4, 0.5) is 0 Å². The third-order valence-electron chi connectivity index (χ3n) is 11.3. The van der Waals surface area contributed by atoms with E-state index in [1.165, 1.54) is 51.4 Å². The predicted molar refractivity (Wildman–Crippen MR) is 243 cm³/mol. The summed E-state index contributed by atoms with van der Waals surface area (Å²) >= 11 is 0. The van der Waals surface area contributed by atoms with Gasteiger partial charge >= 0.3 is 11.9 Å². The van der Waals surface area contributed by atoms with Crippen LogP contribution in [-0.2, 0) is 38.0 Å². The Bertz CT molecular complexity index is 1300. The number of carbonyl (C=O) groups excluding carboxylic acids is 2. The zero-order valence-electron chi connectivity index (χ0n) is 38.8. The summed E-state index contributed by atoms with van der Waals surface area (Å²) in [5.74, 6) is -0.966. The summed E-state index contributed by atoms with van der Waals surface area (Å²) in [6, 6.07) is 0. The van der Waals surface area contributed by atoms with Crippen LogP contribution in [0.2, 0.25) is 0 Å². The van der Waals surface area contributed by atoms with Gasteiger partial charge in [-0.2, -0.15) is 0 Å². The van der Waals surface area contributed by atoms with Gasteiger partial charge in [0.2, 0.25) is 0 Å². The number of allylic oxidation sites excluding steroid dienone is 8. The highest BCUT2D eigenvalue weighted by Crippen LogP contribution is 2.26. The minimum Gasteiger partial charge on any atom is -0.462 e. The highest BCUT2D eigenvalue weighted by molar-refractivity contribution is 5.70. The van der Waals surface area contributed by atoms with E-state index in [1.54, 1.807) is 0 Å². The Morgan fingerprint density at radius 2 is 0.938 bits per heavy atom. The molecular formula is C49H84O15. The van der Waals surface area contributed by atoms with Crippen LogP contribution in [0.25, 0.3) is 0 Å². The topological polar surface area (TPSA) is 231 Å². The highest BCUT2D eigenvalue weighted by atomic mass is 16.7. The molecule has 11 atom stereocenters. The van der Waals surface area contributed by atoms with Crippen LogP contribution in [0.15, 0.2) is 48.6 Å². The zero-order valence-corrected chi connectivity index (χ0v) is 38.8. The molecule has 0 bridgehead atoms. The number of hydrogen-bond acceptors (Lipinski definition) is 15. The number of esters is 2. The third-order valence-corrected chi connectivity index (χ3v) is 11.3. The van der Waals surface area contributed by atoms with Crippen molar-refractivity contribution in [1.29, 1.82) is 0 Å². The monoisotopic (exact) mass is 913 g/mol. The first kappa shape index (κ1) is 57.6. The Morgan fingerprint density at radius 3 is 1.50 bits per heavy atom. The largest absolute Gasteiger partial charge is 0.462 e. The lowest BCUT2D eigenvalue weighted by Crippen LogP contribution is -2.61. The SMILES string of the molecule is CCCCC/C=C/C/C=C/C/C=C/C/C=C/CCCCCC(=O)OC[C@@H](CO[C@@H]1O[C@H](CO[C@@H]2O[C@H](CO)[C@H](O)C(O)C2O)[C@H](O)C(O)C1O)OC(=O)CCCCCCCCCCC. The fourth-order valence-electron chi connectivity index (χ4n) is 7.26. The molecule has 0 radical (unpaired) electrons. The molecule has 64 heavy (non-hydrogen) atoms. The molecule has 2 fully saturated rings. The lowest BCUT2D eigenvalue weighted by atomic mass is 9.98. The van der Waals surface area contributed by atoms with E-state index < -0.39 is 99.3 Å². The second kappa shape index (κ2) is 36.6. The summed E-state index contributed by atoms with van der Waals surface area (Å²) < 4.78 is 33.4. The van der Waals surface area contributed by atoms with Gasteiger partial charge in [0.25, 0.3) is 0 Å². The summed E-state index contributed by atoms with van der Waals surface area (Å²) in [7, 11) is 0. The summed E-state index contributed by atoms with van der Waals surface area (Å²) in [5.41, 5.74) is 0. The van der Waals surface area contributed by atoms with Crippen molar-refractivity contribution in [3.05, 3.63) is 48.6 Å². The van der Waals surface area contributed by atoms with Crippen LogP contribution in [0, 0.1) is 0 Å². The van der Waals surface area contributed by atoms with E-state index in [0.29, 0.717) is 12.8 Å². The van der Waals surface area contributed by atoms with Crippen molar-refractivity contribution in [3.8, 4) is 0 Å². The summed E-state index contributed by atoms with van der Waals surface area (Å²) in [6.45, 7) is 2.48. The van der Waals surface area contributed by atoms with E-state index in [4.69, 9.17) is 28.4 Å². The van der Waals surface area contributed by atoms with Gasteiger partial charge in [0, 0.05) is 12.8 Å². The molecule has 0 aromatic heterocycles. The quantitative estimate of drug-likeness (QED) is 0.0220. The van der Waals surface area contributed by atoms with Crippen LogP contribution in [0.5, 0.6) is 0 Å². The zero-order chi connectivity index (χ0) is 46.8. The van der Waals surface area contributed by atoms with Crippen molar-refractivity contribution in [3.63, 3.8) is 0 Å². The van der Waals surface area contributed by atoms with Crippen molar-refractivity contribution in [2.75, 3.05) is 26.4 Å². The molecule has 2 aliphatic heterocycles. The fraction of sp³-hybridized carbons (Fsp3) is 0.796. The van der Waals surface area contributed by atoms with Gasteiger partial charge in [-0.3, -0.25) is 9.59 Å². The van der Waals surface area contributed by atoms with Gasteiger partial charge in [-0.15, -0.1) is 0 Å². The van der Waals surface area contributed by atoms with E-state index in [1.807, 2.05) is 0 Å². The van der Waals surface area contributed by atoms with Gasteiger partial charge in [-0.05, 0) is 57.8 Å². The number of carbonyl (C=O) groups is 2. The van der Waals surface area contributed by atoms with E-state index in [-0.39, 0.29) is 19.4 Å². The Balaban J connectivity index is 1.82. The van der Waals surface area contributed by atoms with Crippen molar-refractivity contribution < 1.29 is 73.8 Å². The number of hydrogen-bond donors (Lipinski definition) is 7. The molecule has 2 heterocycles. The maximum atomic E-state index is 12.9. The normalized spacial score (nSPS) is 27.0. The Kier molecular flexibility index (Phi) is 32.9. The van der Waals surface area contributed by atoms with Crippen LogP contribution in [0.1, 0.15) is 155 Å². The molecule has 0 saturated carbocycles. The number of aliphatic hydroxyl groups is 7. The average Bonchev–Trinajstić information content (AvgIpc) is 3.29. The fourth-order valence-corrected chi connectivity index (χ4v) is 7.26. The molecule has 7 N–H and O–H groups in total. The van der Waals surface area contributed by atoms with Crippen molar-refractivity contribution in [1.82, 2.24) is 0 Å². The van der Waals surface area contributed by atoms with Gasteiger partial charge in [0.05, 0.1) is 19.8 Å². The predicted octanol–water partition coefficient (Wildman–Crippen LogP) is 5.93. The lowest BCUT2D eigenvalue weighted by Gasteiger charge is -2.42. The standard InChI is InChI=1S/C49H84O15/c1-3-5-7-9-11-13-14-15-16-17-18-19-20-21-22-24-25-27-29-31-40(51)59-34-37(62-41(52)32-30-28-26-23-12-10-8-6-4-2)35-60-48-47(58)45(56)43(54)39(64-48)36-61-49-46(57)44(55)42(53)38(33-50)63-49/h11,13,15-16,18-19,21-22,37-39,42-50,53-58H,3-10,12,14,17,20,23-36H2,1-2H3/b13-11+,16-15+,19-18+,22-21+/t37-,38+,39+,42-,43-,44?,45?,46?,47?,48+,49+/m0/s1. The van der Waals surface area contributed by atoms with Crippen LogP contribution >= 0.6 is 0 Å².